The van der Waals surface area contributed by atoms with Crippen molar-refractivity contribution in [2.24, 2.45) is 4.40 Å². The number of alkyl halides is 3. The van der Waals surface area contributed by atoms with Crippen LogP contribution < -0.4 is 4.90 Å². The number of amidine groups is 1. The molecule has 0 radical (unpaired) electrons. The summed E-state index contributed by atoms with van der Waals surface area (Å²) in [5.41, 5.74) is 0.296. The van der Waals surface area contributed by atoms with Gasteiger partial charge in [0.1, 0.15) is 0 Å². The predicted molar refractivity (Wildman–Crippen MR) is 108 cm³/mol. The van der Waals surface area contributed by atoms with Crippen LogP contribution in [-0.2, 0) is 22.7 Å². The van der Waals surface area contributed by atoms with Gasteiger partial charge in [-0.3, -0.25) is 4.79 Å². The first-order valence-electron chi connectivity index (χ1n) is 8.88. The first-order chi connectivity index (χ1) is 14.0. The van der Waals surface area contributed by atoms with Gasteiger partial charge >= 0.3 is 6.18 Å². The fraction of sp³-hybridized carbons (Fsp3) is 0.263. The highest BCUT2D eigenvalue weighted by molar-refractivity contribution is 8.15. The van der Waals surface area contributed by atoms with Crippen LogP contribution in [0.4, 0.5) is 18.9 Å². The van der Waals surface area contributed by atoms with Crippen LogP contribution in [0, 0.1) is 0 Å². The molecule has 0 unspecified atom stereocenters. The van der Waals surface area contributed by atoms with Gasteiger partial charge < -0.3 is 9.80 Å². The van der Waals surface area contributed by atoms with E-state index in [9.17, 15) is 26.4 Å². The summed E-state index contributed by atoms with van der Waals surface area (Å²) >= 11 is 1.15. The first-order valence-corrected chi connectivity index (χ1v) is 11.3. The minimum Gasteiger partial charge on any atom is -0.337 e. The predicted octanol–water partition coefficient (Wildman–Crippen LogP) is 3.59. The Morgan fingerprint density at radius 3 is 2.70 bits per heavy atom. The maximum Gasteiger partial charge on any atom is 0.416 e. The number of hydrogen-bond donors (Lipinski definition) is 0. The Bertz CT molecular complexity index is 1160. The molecule has 4 rings (SSSR count). The second-order valence-electron chi connectivity index (χ2n) is 6.91. The molecule has 2 aliphatic heterocycles. The maximum absolute atomic E-state index is 13.2. The molecule has 0 saturated carbocycles. The third-order valence-electron chi connectivity index (χ3n) is 4.80. The molecule has 2 aromatic carbocycles. The Hall–Kier alpha value is -2.53. The van der Waals surface area contributed by atoms with Crippen molar-refractivity contribution in [3.8, 4) is 0 Å². The highest BCUT2D eigenvalue weighted by Crippen LogP contribution is 2.42. The zero-order chi connectivity index (χ0) is 21.7. The van der Waals surface area contributed by atoms with E-state index in [0.29, 0.717) is 15.6 Å². The molecule has 158 valence electrons. The van der Waals surface area contributed by atoms with E-state index in [2.05, 4.69) is 4.40 Å². The molecular formula is C19H16F3N3O3S2. The number of anilines is 1. The van der Waals surface area contributed by atoms with Gasteiger partial charge in [-0.2, -0.15) is 13.2 Å². The van der Waals surface area contributed by atoms with Gasteiger partial charge in [0.15, 0.2) is 5.17 Å². The number of hydrogen-bond acceptors (Lipinski definition) is 5. The third kappa shape index (κ3) is 3.91. The summed E-state index contributed by atoms with van der Waals surface area (Å²) in [6.45, 7) is 0.0818. The van der Waals surface area contributed by atoms with Gasteiger partial charge in [0.2, 0.25) is 0 Å². The van der Waals surface area contributed by atoms with Gasteiger partial charge in [-0.1, -0.05) is 18.2 Å². The normalized spacial score (nSPS) is 17.2. The fourth-order valence-corrected chi connectivity index (χ4v) is 5.64. The number of fused-ring (bicyclic) bond motifs is 3. The summed E-state index contributed by atoms with van der Waals surface area (Å²) in [6, 6.07) is 10.0. The molecule has 0 atom stereocenters. The second kappa shape index (κ2) is 7.31. The maximum atomic E-state index is 13.2. The van der Waals surface area contributed by atoms with E-state index in [-0.39, 0.29) is 24.4 Å². The molecule has 2 heterocycles. The van der Waals surface area contributed by atoms with Crippen LogP contribution in [0.3, 0.4) is 0 Å². The minimum atomic E-state index is -4.50. The molecule has 2 aliphatic rings. The number of amides is 1. The lowest BCUT2D eigenvalue weighted by Gasteiger charge is -2.22. The molecular weight excluding hydrogens is 439 g/mol. The number of nitrogens with zero attached hydrogens (tertiary/aromatic N) is 3. The monoisotopic (exact) mass is 455 g/mol. The summed E-state index contributed by atoms with van der Waals surface area (Å²) in [7, 11) is -2.05. The standard InChI is InChI=1S/C19H16F3N3O3S2/c1-24(11-13-4-2-3-5-14(13)19(20,21)22)17(26)12-6-7-15-16(10-12)29-18-23-30(27,28)9-8-25(15)18/h2-7,10H,8-9,11H2,1H3. The number of carbonyl (C=O) groups is 1. The number of thioether (sulfide) groups is 1. The molecule has 2 aromatic rings. The largest absolute Gasteiger partial charge is 0.416 e. The van der Waals surface area contributed by atoms with Crippen molar-refractivity contribution in [1.82, 2.24) is 4.90 Å². The van der Waals surface area contributed by atoms with Crippen LogP contribution in [0.2, 0.25) is 0 Å². The van der Waals surface area contributed by atoms with Crippen LogP contribution in [0.15, 0.2) is 51.8 Å². The quantitative estimate of drug-likeness (QED) is 0.708. The average molecular weight is 455 g/mol. The van der Waals surface area contributed by atoms with Gasteiger partial charge in [0.05, 0.1) is 17.0 Å². The smallest absolute Gasteiger partial charge is 0.337 e. The van der Waals surface area contributed by atoms with E-state index in [1.54, 1.807) is 23.1 Å². The van der Waals surface area contributed by atoms with Crippen LogP contribution in [-0.4, -0.2) is 43.7 Å². The first kappa shape index (κ1) is 20.7. The van der Waals surface area contributed by atoms with Crippen molar-refractivity contribution in [3.05, 3.63) is 59.2 Å². The molecule has 11 heteroatoms. The summed E-state index contributed by atoms with van der Waals surface area (Å²) in [5, 5.41) is 0.341. The van der Waals surface area contributed by atoms with Crippen LogP contribution in [0.25, 0.3) is 0 Å². The van der Waals surface area contributed by atoms with Gasteiger partial charge in [0.25, 0.3) is 15.9 Å². The molecule has 0 bridgehead atoms. The van der Waals surface area contributed by atoms with E-state index in [4.69, 9.17) is 0 Å². The van der Waals surface area contributed by atoms with Crippen LogP contribution in [0.1, 0.15) is 21.5 Å². The van der Waals surface area contributed by atoms with E-state index < -0.39 is 27.7 Å². The molecule has 0 aromatic heterocycles. The molecule has 0 N–H and O–H groups in total. The van der Waals surface area contributed by atoms with E-state index in [1.165, 1.54) is 30.1 Å². The lowest BCUT2D eigenvalue weighted by molar-refractivity contribution is -0.138. The average Bonchev–Trinajstić information content (AvgIpc) is 3.02. The molecule has 0 saturated heterocycles. The van der Waals surface area contributed by atoms with Crippen molar-refractivity contribution in [3.63, 3.8) is 0 Å². The van der Waals surface area contributed by atoms with Gasteiger partial charge in [-0.25, -0.2) is 8.42 Å². The van der Waals surface area contributed by atoms with E-state index in [0.717, 1.165) is 23.5 Å². The Morgan fingerprint density at radius 1 is 1.23 bits per heavy atom. The highest BCUT2D eigenvalue weighted by Gasteiger charge is 2.35. The van der Waals surface area contributed by atoms with Crippen molar-refractivity contribution in [2.45, 2.75) is 17.6 Å². The highest BCUT2D eigenvalue weighted by atomic mass is 32.2. The topological polar surface area (TPSA) is 70.0 Å². The van der Waals surface area contributed by atoms with Gasteiger partial charge in [-0.05, 0) is 41.6 Å². The second-order valence-corrected chi connectivity index (χ2v) is 9.68. The number of benzene rings is 2. The lowest BCUT2D eigenvalue weighted by Crippen LogP contribution is -2.35. The summed E-state index contributed by atoms with van der Waals surface area (Å²) in [5.74, 6) is -0.520. The van der Waals surface area contributed by atoms with E-state index >= 15 is 0 Å². The van der Waals surface area contributed by atoms with Crippen molar-refractivity contribution in [1.29, 1.82) is 0 Å². The summed E-state index contributed by atoms with van der Waals surface area (Å²) < 4.78 is 66.8. The Morgan fingerprint density at radius 2 is 1.97 bits per heavy atom. The molecule has 0 spiro atoms. The SMILES string of the molecule is CN(Cc1ccccc1C(F)(F)F)C(=O)c1ccc2c(c1)SC1=NS(=O)(=O)CCN12. The Kier molecular flexibility index (Phi) is 5.05. The molecule has 1 amide bonds. The zero-order valence-corrected chi connectivity index (χ0v) is 17.3. The Labute approximate surface area is 175 Å². The number of rotatable bonds is 3. The van der Waals surface area contributed by atoms with Crippen LogP contribution in [0.5, 0.6) is 0 Å². The molecule has 0 fully saturated rings. The zero-order valence-electron chi connectivity index (χ0n) is 15.7. The van der Waals surface area contributed by atoms with Crippen molar-refractivity contribution >= 4 is 38.5 Å². The number of carbonyl (C=O) groups excluding carboxylic acids is 1. The van der Waals surface area contributed by atoms with Crippen molar-refractivity contribution < 1.29 is 26.4 Å². The Balaban J connectivity index is 1.57. The summed E-state index contributed by atoms with van der Waals surface area (Å²) in [6.07, 6.45) is -4.50. The van der Waals surface area contributed by atoms with Crippen LogP contribution >= 0.6 is 11.8 Å². The van der Waals surface area contributed by atoms with Crippen molar-refractivity contribution in [2.75, 3.05) is 24.2 Å². The summed E-state index contributed by atoms with van der Waals surface area (Å²) in [4.78, 5) is 16.5. The number of sulfonamides is 1. The number of halogens is 3. The van der Waals surface area contributed by atoms with Gasteiger partial charge in [0, 0.05) is 30.6 Å². The third-order valence-corrected chi connectivity index (χ3v) is 7.10. The van der Waals surface area contributed by atoms with Gasteiger partial charge in [-0.15, -0.1) is 4.40 Å². The fourth-order valence-electron chi connectivity index (χ4n) is 3.35. The molecule has 30 heavy (non-hydrogen) atoms. The minimum absolute atomic E-state index is 0.00748. The molecule has 6 nitrogen and oxygen atoms in total. The van der Waals surface area contributed by atoms with E-state index in [1.807, 2.05) is 0 Å². The molecule has 0 aliphatic carbocycles. The lowest BCUT2D eigenvalue weighted by atomic mass is 10.1.